The molecule has 1 aliphatic rings. The SMILES string of the molecule is CC(=O)OCOc1ccc(NC(=O)N(c2c3ccccc3nn2-c2ccc(Cl)cc2)C2CCCCC2)c(F)c1. The third-order valence-electron chi connectivity index (χ3n) is 6.68. The van der Waals surface area contributed by atoms with Crippen LogP contribution in [0.2, 0.25) is 5.02 Å². The number of fused-ring (bicyclic) bond motifs is 1. The minimum Gasteiger partial charge on any atom is -0.457 e. The number of carbonyl (C=O) groups excluding carboxylic acids is 2. The van der Waals surface area contributed by atoms with Gasteiger partial charge in [-0.15, -0.1) is 0 Å². The van der Waals surface area contributed by atoms with Crippen LogP contribution < -0.4 is 15.0 Å². The second-order valence-electron chi connectivity index (χ2n) is 9.36. The van der Waals surface area contributed by atoms with Crippen LogP contribution in [0.3, 0.4) is 0 Å². The average molecular weight is 551 g/mol. The number of halogens is 2. The maximum atomic E-state index is 15.0. The number of amides is 2. The van der Waals surface area contributed by atoms with E-state index in [0.29, 0.717) is 10.8 Å². The third-order valence-corrected chi connectivity index (χ3v) is 6.93. The van der Waals surface area contributed by atoms with Crippen LogP contribution in [-0.4, -0.2) is 34.6 Å². The fraction of sp³-hybridized carbons (Fsp3) is 0.276. The lowest BCUT2D eigenvalue weighted by Gasteiger charge is -2.34. The highest BCUT2D eigenvalue weighted by Gasteiger charge is 2.32. The predicted octanol–water partition coefficient (Wildman–Crippen LogP) is 7.09. The van der Waals surface area contributed by atoms with Crippen LogP contribution in [0.4, 0.5) is 20.7 Å². The Kier molecular flexibility index (Phi) is 7.97. The lowest BCUT2D eigenvalue weighted by atomic mass is 9.94. The summed E-state index contributed by atoms with van der Waals surface area (Å²) in [4.78, 5) is 26.6. The number of nitrogens with zero attached hydrogens (tertiary/aromatic N) is 3. The minimum absolute atomic E-state index is 0.00232. The summed E-state index contributed by atoms with van der Waals surface area (Å²) in [7, 11) is 0. The molecule has 0 saturated heterocycles. The Hall–Kier alpha value is -4.11. The molecule has 39 heavy (non-hydrogen) atoms. The van der Waals surface area contributed by atoms with Crippen molar-refractivity contribution in [3.63, 3.8) is 0 Å². The summed E-state index contributed by atoms with van der Waals surface area (Å²) in [5, 5.41) is 8.97. The van der Waals surface area contributed by atoms with Crippen LogP contribution in [-0.2, 0) is 9.53 Å². The largest absolute Gasteiger partial charge is 0.457 e. The van der Waals surface area contributed by atoms with Gasteiger partial charge in [-0.3, -0.25) is 9.69 Å². The Bertz CT molecular complexity index is 1480. The van der Waals surface area contributed by atoms with Gasteiger partial charge in [0.2, 0.25) is 6.79 Å². The average Bonchev–Trinajstić information content (AvgIpc) is 3.30. The summed E-state index contributed by atoms with van der Waals surface area (Å²) in [6, 6.07) is 18.4. The van der Waals surface area contributed by atoms with Gasteiger partial charge in [-0.25, -0.2) is 13.9 Å². The molecular weight excluding hydrogens is 523 g/mol. The molecule has 2 amide bonds. The number of hydrogen-bond acceptors (Lipinski definition) is 5. The summed E-state index contributed by atoms with van der Waals surface area (Å²) < 4.78 is 26.8. The number of ether oxygens (including phenoxy) is 2. The molecule has 1 fully saturated rings. The number of aromatic nitrogens is 2. The number of anilines is 2. The van der Waals surface area contributed by atoms with Gasteiger partial charge >= 0.3 is 12.0 Å². The number of esters is 1. The van der Waals surface area contributed by atoms with Crippen LogP contribution >= 0.6 is 11.6 Å². The smallest absolute Gasteiger partial charge is 0.327 e. The van der Waals surface area contributed by atoms with Gasteiger partial charge < -0.3 is 14.8 Å². The maximum Gasteiger partial charge on any atom is 0.327 e. The Balaban J connectivity index is 1.52. The monoisotopic (exact) mass is 550 g/mol. The van der Waals surface area contributed by atoms with Gasteiger partial charge in [-0.05, 0) is 61.4 Å². The lowest BCUT2D eigenvalue weighted by Crippen LogP contribution is -2.45. The van der Waals surface area contributed by atoms with E-state index in [4.69, 9.17) is 26.2 Å². The summed E-state index contributed by atoms with van der Waals surface area (Å²) >= 11 is 6.14. The molecule has 202 valence electrons. The summed E-state index contributed by atoms with van der Waals surface area (Å²) in [5.74, 6) is -0.405. The number of urea groups is 1. The van der Waals surface area contributed by atoms with Crippen molar-refractivity contribution in [3.05, 3.63) is 77.6 Å². The van der Waals surface area contributed by atoms with Crippen molar-refractivity contribution >= 4 is 46.0 Å². The van der Waals surface area contributed by atoms with Gasteiger partial charge in [-0.2, -0.15) is 5.10 Å². The standard InChI is InChI=1S/C29H28ClFN4O4/c1-19(36)38-18-39-23-15-16-27(25(31)17-23)32-29(37)34(21-7-3-2-4-8-21)28-24-9-5-6-10-26(24)33-35(28)22-13-11-20(30)12-14-22/h5-6,9-17,21H,2-4,7-8,18H2,1H3,(H,32,37). The van der Waals surface area contributed by atoms with Crippen molar-refractivity contribution in [2.24, 2.45) is 0 Å². The molecule has 1 N–H and O–H groups in total. The molecule has 0 unspecified atom stereocenters. The highest BCUT2D eigenvalue weighted by atomic mass is 35.5. The van der Waals surface area contributed by atoms with E-state index in [2.05, 4.69) is 5.32 Å². The van der Waals surface area contributed by atoms with E-state index in [0.717, 1.165) is 54.8 Å². The quantitative estimate of drug-likeness (QED) is 0.196. The van der Waals surface area contributed by atoms with E-state index in [9.17, 15) is 9.59 Å². The number of hydrogen-bond donors (Lipinski definition) is 1. The van der Waals surface area contributed by atoms with Crippen LogP contribution in [0.1, 0.15) is 39.0 Å². The van der Waals surface area contributed by atoms with E-state index < -0.39 is 17.8 Å². The zero-order valence-electron chi connectivity index (χ0n) is 21.4. The van der Waals surface area contributed by atoms with E-state index >= 15 is 4.39 Å². The van der Waals surface area contributed by atoms with Crippen LogP contribution in [0.5, 0.6) is 5.75 Å². The van der Waals surface area contributed by atoms with E-state index in [1.807, 2.05) is 36.4 Å². The molecule has 0 bridgehead atoms. The van der Waals surface area contributed by atoms with Gasteiger partial charge in [0.1, 0.15) is 17.4 Å². The first-order valence-electron chi connectivity index (χ1n) is 12.8. The van der Waals surface area contributed by atoms with Crippen molar-refractivity contribution in [1.29, 1.82) is 0 Å². The summed E-state index contributed by atoms with van der Waals surface area (Å²) in [6.45, 7) is 0.917. The van der Waals surface area contributed by atoms with Crippen molar-refractivity contribution in [2.45, 2.75) is 45.1 Å². The molecule has 4 aromatic rings. The molecule has 5 rings (SSSR count). The molecule has 1 saturated carbocycles. The number of rotatable bonds is 7. The molecule has 0 atom stereocenters. The summed E-state index contributed by atoms with van der Waals surface area (Å²) in [5.41, 5.74) is 1.48. The number of nitrogens with one attached hydrogen (secondary N) is 1. The Labute approximate surface area is 230 Å². The first-order chi connectivity index (χ1) is 18.9. The van der Waals surface area contributed by atoms with Gasteiger partial charge in [0.25, 0.3) is 0 Å². The molecule has 10 heteroatoms. The topological polar surface area (TPSA) is 85.7 Å². The van der Waals surface area contributed by atoms with Crippen LogP contribution in [0.15, 0.2) is 66.7 Å². The molecule has 3 aromatic carbocycles. The Morgan fingerprint density at radius 2 is 1.82 bits per heavy atom. The predicted molar refractivity (Wildman–Crippen MR) is 148 cm³/mol. The molecule has 0 aliphatic heterocycles. The number of carbonyl (C=O) groups is 2. The van der Waals surface area contributed by atoms with Gasteiger partial charge in [-0.1, -0.05) is 43.0 Å². The normalized spacial score (nSPS) is 13.7. The van der Waals surface area contributed by atoms with Crippen molar-refractivity contribution in [1.82, 2.24) is 9.78 Å². The molecule has 0 spiro atoms. The molecule has 8 nitrogen and oxygen atoms in total. The fourth-order valence-corrected chi connectivity index (χ4v) is 4.96. The van der Waals surface area contributed by atoms with Crippen molar-refractivity contribution in [2.75, 3.05) is 17.0 Å². The lowest BCUT2D eigenvalue weighted by molar-refractivity contribution is -0.147. The molecule has 0 radical (unpaired) electrons. The van der Waals surface area contributed by atoms with Gasteiger partial charge in [0, 0.05) is 29.4 Å². The minimum atomic E-state index is -0.677. The zero-order chi connectivity index (χ0) is 27.4. The fourth-order valence-electron chi connectivity index (χ4n) is 4.83. The molecular formula is C29H28ClFN4O4. The van der Waals surface area contributed by atoms with Gasteiger partial charge in [0.15, 0.2) is 0 Å². The first-order valence-corrected chi connectivity index (χ1v) is 13.2. The maximum absolute atomic E-state index is 15.0. The van der Waals surface area contributed by atoms with Gasteiger partial charge in [0.05, 0.1) is 16.9 Å². The number of benzene rings is 3. The molecule has 1 heterocycles. The van der Waals surface area contributed by atoms with Crippen molar-refractivity contribution in [3.8, 4) is 11.4 Å². The third kappa shape index (κ3) is 5.98. The van der Waals surface area contributed by atoms with E-state index in [1.54, 1.807) is 21.7 Å². The van der Waals surface area contributed by atoms with E-state index in [-0.39, 0.29) is 24.3 Å². The molecule has 1 aliphatic carbocycles. The Morgan fingerprint density at radius 3 is 2.54 bits per heavy atom. The Morgan fingerprint density at radius 1 is 1.08 bits per heavy atom. The first kappa shape index (κ1) is 26.5. The highest BCUT2D eigenvalue weighted by molar-refractivity contribution is 6.30. The second-order valence-corrected chi connectivity index (χ2v) is 9.80. The highest BCUT2D eigenvalue weighted by Crippen LogP contribution is 2.36. The van der Waals surface area contributed by atoms with Crippen LogP contribution in [0, 0.1) is 5.82 Å². The van der Waals surface area contributed by atoms with Crippen molar-refractivity contribution < 1.29 is 23.5 Å². The summed E-state index contributed by atoms with van der Waals surface area (Å²) in [6.07, 6.45) is 4.72. The van der Waals surface area contributed by atoms with E-state index in [1.165, 1.54) is 19.1 Å². The second kappa shape index (κ2) is 11.7. The molecule has 1 aromatic heterocycles. The van der Waals surface area contributed by atoms with Crippen LogP contribution in [0.25, 0.3) is 16.6 Å². The zero-order valence-corrected chi connectivity index (χ0v) is 22.2.